The van der Waals surface area contributed by atoms with Crippen molar-refractivity contribution in [3.8, 4) is 0 Å². The van der Waals surface area contributed by atoms with E-state index in [2.05, 4.69) is 50.5 Å². The van der Waals surface area contributed by atoms with Crippen LogP contribution in [0.1, 0.15) is 31.9 Å². The molecule has 1 N–H and O–H groups in total. The Morgan fingerprint density at radius 2 is 1.59 bits per heavy atom. The van der Waals surface area contributed by atoms with Crippen LogP contribution < -0.4 is 5.43 Å². The first-order chi connectivity index (χ1) is 8.05. The van der Waals surface area contributed by atoms with Crippen molar-refractivity contribution < 1.29 is 0 Å². The third-order valence-electron chi connectivity index (χ3n) is 2.89. The van der Waals surface area contributed by atoms with Gasteiger partial charge < -0.3 is 5.43 Å². The number of nitrogens with one attached hydrogen (secondary N) is 1. The Bertz CT molecular complexity index is 447. The maximum atomic E-state index is 3.32. The van der Waals surface area contributed by atoms with E-state index in [0.29, 0.717) is 0 Å². The van der Waals surface area contributed by atoms with Crippen LogP contribution in [0.25, 0.3) is 0 Å². The number of aromatic nitrogens is 1. The van der Waals surface area contributed by atoms with Crippen molar-refractivity contribution in [2.75, 3.05) is 5.43 Å². The number of hydrogen-bond donors (Lipinski definition) is 1. The topological polar surface area (TPSA) is 17.0 Å². The van der Waals surface area contributed by atoms with Crippen molar-refractivity contribution in [1.82, 2.24) is 4.68 Å². The fourth-order valence-corrected chi connectivity index (χ4v) is 1.75. The zero-order chi connectivity index (χ0) is 12.3. The van der Waals surface area contributed by atoms with E-state index in [1.807, 2.05) is 29.2 Å². The molecule has 0 unspecified atom stereocenters. The largest absolute Gasteiger partial charge is 0.322 e. The molecule has 2 nitrogen and oxygen atoms in total. The van der Waals surface area contributed by atoms with Gasteiger partial charge in [-0.2, -0.15) is 0 Å². The number of nitrogens with zero attached hydrogens (tertiary/aromatic N) is 1. The Balaban J connectivity index is 1.99. The molecule has 90 valence electrons. The molecule has 0 aliphatic heterocycles. The SMILES string of the molecule is CC(C)(C)c1ccc(CNn2cccc2)cc1. The van der Waals surface area contributed by atoms with Crippen molar-refractivity contribution in [3.63, 3.8) is 0 Å². The van der Waals surface area contributed by atoms with Gasteiger partial charge in [-0.05, 0) is 28.7 Å². The molecular formula is C15H20N2. The highest BCUT2D eigenvalue weighted by Gasteiger charge is 2.12. The van der Waals surface area contributed by atoms with Gasteiger partial charge in [-0.3, -0.25) is 4.68 Å². The van der Waals surface area contributed by atoms with E-state index in [0.717, 1.165) is 6.54 Å². The summed E-state index contributed by atoms with van der Waals surface area (Å²) in [4.78, 5) is 0. The summed E-state index contributed by atoms with van der Waals surface area (Å²) in [6.45, 7) is 7.55. The van der Waals surface area contributed by atoms with E-state index < -0.39 is 0 Å². The molecule has 0 spiro atoms. The molecule has 0 fully saturated rings. The van der Waals surface area contributed by atoms with Crippen molar-refractivity contribution in [2.45, 2.75) is 32.7 Å². The second-order valence-electron chi connectivity index (χ2n) is 5.37. The average molecular weight is 228 g/mol. The molecule has 0 saturated heterocycles. The normalized spacial score (nSPS) is 11.5. The first kappa shape index (κ1) is 11.8. The summed E-state index contributed by atoms with van der Waals surface area (Å²) in [5.41, 5.74) is 6.22. The molecule has 0 atom stereocenters. The zero-order valence-corrected chi connectivity index (χ0v) is 10.8. The lowest BCUT2D eigenvalue weighted by Gasteiger charge is -2.19. The summed E-state index contributed by atoms with van der Waals surface area (Å²) in [6.07, 6.45) is 4.01. The highest BCUT2D eigenvalue weighted by Crippen LogP contribution is 2.22. The molecule has 1 aromatic carbocycles. The summed E-state index contributed by atoms with van der Waals surface area (Å²) >= 11 is 0. The molecule has 0 aliphatic rings. The van der Waals surface area contributed by atoms with Gasteiger partial charge in [0.05, 0.1) is 6.54 Å². The van der Waals surface area contributed by atoms with Crippen molar-refractivity contribution >= 4 is 0 Å². The van der Waals surface area contributed by atoms with Gasteiger partial charge in [0.1, 0.15) is 0 Å². The Morgan fingerprint density at radius 1 is 1.00 bits per heavy atom. The lowest BCUT2D eigenvalue weighted by molar-refractivity contribution is 0.590. The lowest BCUT2D eigenvalue weighted by Crippen LogP contribution is -2.13. The number of benzene rings is 1. The minimum atomic E-state index is 0.229. The van der Waals surface area contributed by atoms with Crippen molar-refractivity contribution in [2.24, 2.45) is 0 Å². The van der Waals surface area contributed by atoms with Gasteiger partial charge in [-0.25, -0.2) is 0 Å². The molecule has 1 aromatic heterocycles. The lowest BCUT2D eigenvalue weighted by atomic mass is 9.87. The Hall–Kier alpha value is -1.70. The number of rotatable bonds is 3. The van der Waals surface area contributed by atoms with E-state index >= 15 is 0 Å². The van der Waals surface area contributed by atoms with Gasteiger partial charge in [0.2, 0.25) is 0 Å². The van der Waals surface area contributed by atoms with Gasteiger partial charge in [0, 0.05) is 12.4 Å². The fraction of sp³-hybridized carbons (Fsp3) is 0.333. The average Bonchev–Trinajstić information content (AvgIpc) is 2.78. The minimum Gasteiger partial charge on any atom is -0.322 e. The van der Waals surface area contributed by atoms with Crippen LogP contribution in [0.2, 0.25) is 0 Å². The molecule has 1 heterocycles. The molecule has 2 rings (SSSR count). The summed E-state index contributed by atoms with van der Waals surface area (Å²) in [6, 6.07) is 12.8. The summed E-state index contributed by atoms with van der Waals surface area (Å²) in [5.74, 6) is 0. The van der Waals surface area contributed by atoms with Gasteiger partial charge >= 0.3 is 0 Å². The molecule has 0 aliphatic carbocycles. The summed E-state index contributed by atoms with van der Waals surface area (Å²) < 4.78 is 1.97. The molecule has 0 radical (unpaired) electrons. The van der Waals surface area contributed by atoms with Crippen LogP contribution >= 0.6 is 0 Å². The molecule has 17 heavy (non-hydrogen) atoms. The van der Waals surface area contributed by atoms with Gasteiger partial charge in [-0.1, -0.05) is 45.0 Å². The van der Waals surface area contributed by atoms with Crippen molar-refractivity contribution in [1.29, 1.82) is 0 Å². The van der Waals surface area contributed by atoms with Gasteiger partial charge in [0.15, 0.2) is 0 Å². The van der Waals surface area contributed by atoms with Crippen LogP contribution in [0.15, 0.2) is 48.8 Å². The highest BCUT2D eigenvalue weighted by atomic mass is 15.4. The second-order valence-corrected chi connectivity index (χ2v) is 5.37. The van der Waals surface area contributed by atoms with E-state index in [1.54, 1.807) is 0 Å². The molecule has 0 amide bonds. The van der Waals surface area contributed by atoms with Crippen LogP contribution in [0.3, 0.4) is 0 Å². The predicted molar refractivity (Wildman–Crippen MR) is 72.6 cm³/mol. The predicted octanol–water partition coefficient (Wildman–Crippen LogP) is 3.53. The Morgan fingerprint density at radius 3 is 2.12 bits per heavy atom. The van der Waals surface area contributed by atoms with E-state index in [4.69, 9.17) is 0 Å². The standard InChI is InChI=1S/C15H20N2/c1-15(2,3)14-8-6-13(7-9-14)12-16-17-10-4-5-11-17/h4-11,16H,12H2,1-3H3. The number of hydrogen-bond acceptors (Lipinski definition) is 1. The first-order valence-corrected chi connectivity index (χ1v) is 6.02. The van der Waals surface area contributed by atoms with E-state index in [1.165, 1.54) is 11.1 Å². The third kappa shape index (κ3) is 3.13. The Kier molecular flexibility index (Phi) is 3.23. The highest BCUT2D eigenvalue weighted by molar-refractivity contribution is 5.27. The summed E-state index contributed by atoms with van der Waals surface area (Å²) in [5, 5.41) is 0. The van der Waals surface area contributed by atoms with Crippen LogP contribution in [0.4, 0.5) is 0 Å². The second kappa shape index (κ2) is 4.66. The smallest absolute Gasteiger partial charge is 0.0564 e. The molecular weight excluding hydrogens is 208 g/mol. The first-order valence-electron chi connectivity index (χ1n) is 6.02. The van der Waals surface area contributed by atoms with E-state index in [-0.39, 0.29) is 5.41 Å². The maximum absolute atomic E-state index is 3.32. The van der Waals surface area contributed by atoms with Crippen LogP contribution in [-0.4, -0.2) is 4.68 Å². The molecule has 0 saturated carbocycles. The minimum absolute atomic E-state index is 0.229. The third-order valence-corrected chi connectivity index (χ3v) is 2.89. The molecule has 2 aromatic rings. The maximum Gasteiger partial charge on any atom is 0.0564 e. The molecule has 2 heteroatoms. The fourth-order valence-electron chi connectivity index (χ4n) is 1.75. The monoisotopic (exact) mass is 228 g/mol. The van der Waals surface area contributed by atoms with Crippen LogP contribution in [0.5, 0.6) is 0 Å². The van der Waals surface area contributed by atoms with Gasteiger partial charge in [-0.15, -0.1) is 0 Å². The Labute approximate surface area is 103 Å². The molecule has 0 bridgehead atoms. The van der Waals surface area contributed by atoms with Gasteiger partial charge in [0.25, 0.3) is 0 Å². The summed E-state index contributed by atoms with van der Waals surface area (Å²) in [7, 11) is 0. The van der Waals surface area contributed by atoms with Crippen LogP contribution in [0, 0.1) is 0 Å². The zero-order valence-electron chi connectivity index (χ0n) is 10.8. The van der Waals surface area contributed by atoms with Crippen LogP contribution in [-0.2, 0) is 12.0 Å². The quantitative estimate of drug-likeness (QED) is 0.850. The van der Waals surface area contributed by atoms with Crippen molar-refractivity contribution in [3.05, 3.63) is 59.9 Å². The van der Waals surface area contributed by atoms with E-state index in [9.17, 15) is 0 Å².